The summed E-state index contributed by atoms with van der Waals surface area (Å²) in [7, 11) is 0. The van der Waals surface area contributed by atoms with E-state index in [0.29, 0.717) is 12.3 Å². The highest BCUT2D eigenvalue weighted by Gasteiger charge is 2.37. The van der Waals surface area contributed by atoms with E-state index in [1.54, 1.807) is 0 Å². The lowest BCUT2D eigenvalue weighted by atomic mass is 10.1. The van der Waals surface area contributed by atoms with Crippen LogP contribution in [0.25, 0.3) is 0 Å². The summed E-state index contributed by atoms with van der Waals surface area (Å²) in [6.45, 7) is 2.74. The van der Waals surface area contributed by atoms with Crippen LogP contribution in [0.1, 0.15) is 31.7 Å². The van der Waals surface area contributed by atoms with Crippen LogP contribution in [0.3, 0.4) is 0 Å². The van der Waals surface area contributed by atoms with Gasteiger partial charge in [-0.05, 0) is 12.0 Å². The summed E-state index contributed by atoms with van der Waals surface area (Å²) in [6.07, 6.45) is 3.13. The molecular formula is C17H22N2OS. The topological polar surface area (TPSA) is 32.3 Å². The zero-order chi connectivity index (χ0) is 15.1. The Labute approximate surface area is 132 Å². The van der Waals surface area contributed by atoms with Gasteiger partial charge in [0.2, 0.25) is 0 Å². The zero-order valence-electron chi connectivity index (χ0n) is 12.4. The molecule has 1 N–H and O–H groups in total. The van der Waals surface area contributed by atoms with E-state index in [9.17, 15) is 4.79 Å². The van der Waals surface area contributed by atoms with Gasteiger partial charge in [0.15, 0.2) is 0 Å². The number of carbonyl (C=O) groups excluding carboxylic acids is 1. The van der Waals surface area contributed by atoms with E-state index in [2.05, 4.69) is 36.7 Å². The number of thiol groups is 1. The Hall–Kier alpha value is -1.60. The number of urea groups is 1. The maximum absolute atomic E-state index is 12.2. The molecule has 21 heavy (non-hydrogen) atoms. The Kier molecular flexibility index (Phi) is 6.01. The van der Waals surface area contributed by atoms with Gasteiger partial charge in [-0.15, -0.1) is 5.92 Å². The van der Waals surface area contributed by atoms with Crippen molar-refractivity contribution >= 4 is 18.7 Å². The summed E-state index contributed by atoms with van der Waals surface area (Å²) in [4.78, 5) is 14.0. The SMILES string of the molecule is CCCCC#C[C@@H]1[C@H](CS)NC(=O)N1Cc1ccccc1. The number of nitrogens with zero attached hydrogens (tertiary/aromatic N) is 1. The minimum atomic E-state index is -0.0907. The third-order valence-electron chi connectivity index (χ3n) is 3.58. The van der Waals surface area contributed by atoms with Crippen LogP contribution in [0.5, 0.6) is 0 Å². The van der Waals surface area contributed by atoms with E-state index < -0.39 is 0 Å². The molecule has 1 aromatic carbocycles. The molecule has 2 rings (SSSR count). The fraction of sp³-hybridized carbons (Fsp3) is 0.471. The van der Waals surface area contributed by atoms with E-state index >= 15 is 0 Å². The molecule has 0 saturated carbocycles. The highest BCUT2D eigenvalue weighted by Crippen LogP contribution is 2.18. The molecule has 0 aromatic heterocycles. The van der Waals surface area contributed by atoms with Crippen LogP contribution in [0, 0.1) is 11.8 Å². The quantitative estimate of drug-likeness (QED) is 0.489. The Balaban J connectivity index is 2.11. The van der Waals surface area contributed by atoms with Crippen LogP contribution in [0.4, 0.5) is 4.79 Å². The Morgan fingerprint density at radius 3 is 2.76 bits per heavy atom. The van der Waals surface area contributed by atoms with Crippen molar-refractivity contribution in [1.29, 1.82) is 0 Å². The van der Waals surface area contributed by atoms with Crippen molar-refractivity contribution in [2.24, 2.45) is 0 Å². The number of rotatable bonds is 5. The van der Waals surface area contributed by atoms with Gasteiger partial charge in [0, 0.05) is 18.7 Å². The Morgan fingerprint density at radius 1 is 1.33 bits per heavy atom. The molecule has 2 amide bonds. The smallest absolute Gasteiger partial charge is 0.319 e. The van der Waals surface area contributed by atoms with Crippen LogP contribution in [-0.2, 0) is 6.54 Å². The molecule has 2 atom stereocenters. The fourth-order valence-corrected chi connectivity index (χ4v) is 2.67. The molecule has 112 valence electrons. The minimum absolute atomic E-state index is 0.00123. The molecule has 0 spiro atoms. The van der Waals surface area contributed by atoms with Crippen LogP contribution in [0.2, 0.25) is 0 Å². The van der Waals surface area contributed by atoms with Crippen molar-refractivity contribution in [1.82, 2.24) is 10.2 Å². The third kappa shape index (κ3) is 4.18. The molecule has 0 aliphatic carbocycles. The van der Waals surface area contributed by atoms with Gasteiger partial charge >= 0.3 is 6.03 Å². The molecule has 0 bridgehead atoms. The summed E-state index contributed by atoms with van der Waals surface area (Å²) in [5, 5.41) is 2.97. The maximum Gasteiger partial charge on any atom is 0.319 e. The molecule has 4 heteroatoms. The van der Waals surface area contributed by atoms with Gasteiger partial charge in [0.25, 0.3) is 0 Å². The van der Waals surface area contributed by atoms with E-state index in [-0.39, 0.29) is 18.1 Å². The highest BCUT2D eigenvalue weighted by molar-refractivity contribution is 7.80. The second-order valence-corrected chi connectivity index (χ2v) is 5.59. The second-order valence-electron chi connectivity index (χ2n) is 5.22. The lowest BCUT2D eigenvalue weighted by Crippen LogP contribution is -2.36. The average molecular weight is 302 g/mol. The number of hydrogen-bond acceptors (Lipinski definition) is 2. The van der Waals surface area contributed by atoms with Gasteiger partial charge in [-0.3, -0.25) is 0 Å². The van der Waals surface area contributed by atoms with Gasteiger partial charge in [-0.25, -0.2) is 4.79 Å². The lowest BCUT2D eigenvalue weighted by molar-refractivity contribution is 0.208. The standard InChI is InChI=1S/C17H22N2OS/c1-2-3-4-8-11-16-15(13-21)18-17(20)19(16)12-14-9-6-5-7-10-14/h5-7,9-10,15-16,21H,2-4,12-13H2,1H3,(H,18,20)/t15-,16+/m0/s1. The number of hydrogen-bond donors (Lipinski definition) is 2. The fourth-order valence-electron chi connectivity index (χ4n) is 2.38. The second kappa shape index (κ2) is 7.99. The number of benzene rings is 1. The van der Waals surface area contributed by atoms with Gasteiger partial charge in [0.05, 0.1) is 6.04 Å². The van der Waals surface area contributed by atoms with Crippen molar-refractivity contribution < 1.29 is 4.79 Å². The van der Waals surface area contributed by atoms with Crippen LogP contribution in [0.15, 0.2) is 30.3 Å². The summed E-state index contributed by atoms with van der Waals surface area (Å²) >= 11 is 4.34. The molecule has 1 fully saturated rings. The average Bonchev–Trinajstić information content (AvgIpc) is 2.81. The molecule has 3 nitrogen and oxygen atoms in total. The molecule has 1 heterocycles. The van der Waals surface area contributed by atoms with E-state index in [0.717, 1.165) is 24.8 Å². The molecule has 0 unspecified atom stereocenters. The van der Waals surface area contributed by atoms with Crippen molar-refractivity contribution in [2.75, 3.05) is 5.75 Å². The first-order valence-electron chi connectivity index (χ1n) is 7.46. The van der Waals surface area contributed by atoms with Crippen molar-refractivity contribution in [3.8, 4) is 11.8 Å². The molecular weight excluding hydrogens is 280 g/mol. The Bertz CT molecular complexity index is 521. The van der Waals surface area contributed by atoms with Gasteiger partial charge in [-0.1, -0.05) is 49.6 Å². The van der Waals surface area contributed by atoms with Crippen LogP contribution < -0.4 is 5.32 Å². The van der Waals surface area contributed by atoms with Crippen molar-refractivity contribution in [3.63, 3.8) is 0 Å². The Morgan fingerprint density at radius 2 is 2.10 bits per heavy atom. The summed E-state index contributed by atoms with van der Waals surface area (Å²) in [6, 6.07) is 9.87. The van der Waals surface area contributed by atoms with Crippen molar-refractivity contribution in [3.05, 3.63) is 35.9 Å². The van der Waals surface area contributed by atoms with Gasteiger partial charge < -0.3 is 10.2 Å². The van der Waals surface area contributed by atoms with Crippen molar-refractivity contribution in [2.45, 2.75) is 44.8 Å². The van der Waals surface area contributed by atoms with E-state index in [4.69, 9.17) is 0 Å². The molecule has 0 radical (unpaired) electrons. The highest BCUT2D eigenvalue weighted by atomic mass is 32.1. The van der Waals surface area contributed by atoms with Crippen LogP contribution >= 0.6 is 12.6 Å². The number of nitrogens with one attached hydrogen (secondary N) is 1. The maximum atomic E-state index is 12.2. The zero-order valence-corrected chi connectivity index (χ0v) is 13.3. The molecule has 1 aliphatic rings. The first kappa shape index (κ1) is 15.8. The molecule has 1 aliphatic heterocycles. The lowest BCUT2D eigenvalue weighted by Gasteiger charge is -2.21. The number of amides is 2. The minimum Gasteiger partial charge on any atom is -0.331 e. The van der Waals surface area contributed by atoms with E-state index in [1.165, 1.54) is 0 Å². The van der Waals surface area contributed by atoms with Crippen LogP contribution in [-0.4, -0.2) is 28.8 Å². The molecule has 1 saturated heterocycles. The number of unbranched alkanes of at least 4 members (excludes halogenated alkanes) is 2. The summed E-state index contributed by atoms with van der Waals surface area (Å²) in [5.74, 6) is 7.07. The largest absolute Gasteiger partial charge is 0.331 e. The summed E-state index contributed by atoms with van der Waals surface area (Å²) in [5.41, 5.74) is 1.12. The normalized spacial score (nSPS) is 20.9. The van der Waals surface area contributed by atoms with Gasteiger partial charge in [-0.2, -0.15) is 12.6 Å². The predicted octanol–water partition coefficient (Wildman–Crippen LogP) is 3.07. The first-order chi connectivity index (χ1) is 10.3. The van der Waals surface area contributed by atoms with Gasteiger partial charge in [0.1, 0.15) is 6.04 Å². The predicted molar refractivity (Wildman–Crippen MR) is 89.2 cm³/mol. The summed E-state index contributed by atoms with van der Waals surface area (Å²) < 4.78 is 0. The monoisotopic (exact) mass is 302 g/mol. The van der Waals surface area contributed by atoms with E-state index in [1.807, 2.05) is 35.2 Å². The number of carbonyl (C=O) groups is 1. The third-order valence-corrected chi connectivity index (χ3v) is 3.98. The first-order valence-corrected chi connectivity index (χ1v) is 8.09. The molecule has 1 aromatic rings.